The highest BCUT2D eigenvalue weighted by atomic mass is 16.6. The number of rotatable bonds is 3. The van der Waals surface area contributed by atoms with Crippen molar-refractivity contribution in [2.45, 2.75) is 13.3 Å². The Morgan fingerprint density at radius 2 is 2.57 bits per heavy atom. The van der Waals surface area contributed by atoms with E-state index in [9.17, 15) is 4.79 Å². The van der Waals surface area contributed by atoms with Gasteiger partial charge in [0.2, 0.25) is 0 Å². The Morgan fingerprint density at radius 1 is 1.86 bits per heavy atom. The van der Waals surface area contributed by atoms with Crippen LogP contribution in [0.3, 0.4) is 0 Å². The minimum atomic E-state index is 0.495. The van der Waals surface area contributed by atoms with Crippen LogP contribution in [-0.2, 0) is 9.63 Å². The zero-order chi connectivity index (χ0) is 5.54. The monoisotopic (exact) mass is 101 g/mol. The summed E-state index contributed by atoms with van der Waals surface area (Å²) in [5.74, 6) is 0. The molecule has 0 N–H and O–H groups in total. The molecule has 0 amide bonds. The van der Waals surface area contributed by atoms with Crippen molar-refractivity contribution in [1.29, 1.82) is 0 Å². The average molecular weight is 101 g/mol. The summed E-state index contributed by atoms with van der Waals surface area (Å²) in [7, 11) is 0. The first kappa shape index (κ1) is 6.18. The lowest BCUT2D eigenvalue weighted by molar-refractivity contribution is 0.144. The van der Waals surface area contributed by atoms with E-state index in [4.69, 9.17) is 0 Å². The maximum Gasteiger partial charge on any atom is 0.276 e. The summed E-state index contributed by atoms with van der Waals surface area (Å²) in [5, 5.41) is 2.86. The van der Waals surface area contributed by atoms with E-state index < -0.39 is 0 Å². The summed E-state index contributed by atoms with van der Waals surface area (Å²) in [5.41, 5.74) is 0. The molecule has 0 unspecified atom stereocenters. The molecule has 0 rings (SSSR count). The molecule has 0 spiro atoms. The van der Waals surface area contributed by atoms with E-state index in [1.54, 1.807) is 0 Å². The van der Waals surface area contributed by atoms with Crippen LogP contribution in [0.1, 0.15) is 13.3 Å². The fourth-order valence-corrected chi connectivity index (χ4v) is 0.163. The maximum absolute atomic E-state index is 9.26. The van der Waals surface area contributed by atoms with Gasteiger partial charge in [0.1, 0.15) is 6.61 Å². The summed E-state index contributed by atoms with van der Waals surface area (Å²) in [4.78, 5) is 13.6. The Kier molecular flexibility index (Phi) is 4.57. The second-order valence-corrected chi connectivity index (χ2v) is 1.02. The van der Waals surface area contributed by atoms with Crippen molar-refractivity contribution in [3.8, 4) is 0 Å². The molecule has 0 fully saturated rings. The molecular formula is C4H7NO2. The average Bonchev–Trinajstić information content (AvgIpc) is 1.69. The molecule has 0 aliphatic carbocycles. The highest BCUT2D eigenvalue weighted by Crippen LogP contribution is 1.76. The summed E-state index contributed by atoms with van der Waals surface area (Å²) in [6.45, 7) is 2.43. The third-order valence-electron chi connectivity index (χ3n) is 0.397. The zero-order valence-electron chi connectivity index (χ0n) is 4.18. The van der Waals surface area contributed by atoms with Crippen LogP contribution in [0.4, 0.5) is 0 Å². The fourth-order valence-electron chi connectivity index (χ4n) is 0.163. The SMILES string of the molecule is CCCON=C=O. The third kappa shape index (κ3) is 5.18. The standard InChI is InChI=1S/C4H7NO2/c1-2-3-7-5-4-6/h2-3H2,1H3. The molecule has 0 aliphatic heterocycles. The zero-order valence-corrected chi connectivity index (χ0v) is 4.18. The fraction of sp³-hybridized carbons (Fsp3) is 0.750. The Bertz CT molecular complexity index is 75.8. The normalized spacial score (nSPS) is 7.00. The molecule has 0 aromatic rings. The van der Waals surface area contributed by atoms with E-state index in [0.29, 0.717) is 6.61 Å². The molecule has 0 saturated heterocycles. The lowest BCUT2D eigenvalue weighted by atomic mass is 10.5. The first-order valence-electron chi connectivity index (χ1n) is 2.11. The van der Waals surface area contributed by atoms with Gasteiger partial charge in [-0.25, -0.2) is 4.79 Å². The topological polar surface area (TPSA) is 38.7 Å². The molecule has 0 aromatic heterocycles. The van der Waals surface area contributed by atoms with Gasteiger partial charge in [-0.15, -0.1) is 0 Å². The van der Waals surface area contributed by atoms with Crippen LogP contribution < -0.4 is 0 Å². The van der Waals surface area contributed by atoms with Gasteiger partial charge in [0.05, 0.1) is 0 Å². The minimum absolute atomic E-state index is 0.495. The van der Waals surface area contributed by atoms with Gasteiger partial charge in [-0.3, -0.25) is 0 Å². The summed E-state index contributed by atoms with van der Waals surface area (Å²) in [6, 6.07) is 0. The molecule has 40 valence electrons. The van der Waals surface area contributed by atoms with Crippen molar-refractivity contribution in [2.75, 3.05) is 6.61 Å². The van der Waals surface area contributed by atoms with Crippen LogP contribution in [0.5, 0.6) is 0 Å². The number of hydrogen-bond donors (Lipinski definition) is 0. The van der Waals surface area contributed by atoms with Crippen LogP contribution >= 0.6 is 0 Å². The number of isocyanates is 1. The largest absolute Gasteiger partial charge is 0.386 e. The highest BCUT2D eigenvalue weighted by molar-refractivity contribution is 5.31. The number of nitrogens with zero attached hydrogens (tertiary/aromatic N) is 1. The van der Waals surface area contributed by atoms with Crippen LogP contribution in [-0.4, -0.2) is 12.7 Å². The molecule has 7 heavy (non-hydrogen) atoms. The van der Waals surface area contributed by atoms with Gasteiger partial charge in [0, 0.05) is 5.16 Å². The molecule has 0 heterocycles. The van der Waals surface area contributed by atoms with E-state index in [2.05, 4.69) is 9.99 Å². The van der Waals surface area contributed by atoms with Crippen LogP contribution in [0.25, 0.3) is 0 Å². The van der Waals surface area contributed by atoms with E-state index in [1.165, 1.54) is 6.08 Å². The first-order valence-corrected chi connectivity index (χ1v) is 2.11. The molecule has 0 radical (unpaired) electrons. The smallest absolute Gasteiger partial charge is 0.276 e. The van der Waals surface area contributed by atoms with Crippen LogP contribution in [0.15, 0.2) is 5.16 Å². The van der Waals surface area contributed by atoms with Gasteiger partial charge in [-0.2, -0.15) is 0 Å². The molecule has 0 bridgehead atoms. The predicted octanol–water partition coefficient (Wildman–Crippen LogP) is 0.664. The molecule has 0 aromatic carbocycles. The van der Waals surface area contributed by atoms with E-state index in [0.717, 1.165) is 6.42 Å². The maximum atomic E-state index is 9.26. The molecule has 3 heteroatoms. The minimum Gasteiger partial charge on any atom is -0.386 e. The van der Waals surface area contributed by atoms with Gasteiger partial charge >= 0.3 is 0 Å². The Labute approximate surface area is 42.0 Å². The summed E-state index contributed by atoms with van der Waals surface area (Å²) < 4.78 is 0. The van der Waals surface area contributed by atoms with E-state index in [-0.39, 0.29) is 0 Å². The van der Waals surface area contributed by atoms with Crippen molar-refractivity contribution in [3.63, 3.8) is 0 Å². The van der Waals surface area contributed by atoms with Gasteiger partial charge in [-0.1, -0.05) is 6.92 Å². The summed E-state index contributed by atoms with van der Waals surface area (Å²) >= 11 is 0. The van der Waals surface area contributed by atoms with Crippen molar-refractivity contribution in [2.24, 2.45) is 5.16 Å². The van der Waals surface area contributed by atoms with E-state index in [1.807, 2.05) is 6.92 Å². The lowest BCUT2D eigenvalue weighted by Crippen LogP contribution is -1.80. The first-order chi connectivity index (χ1) is 3.41. The third-order valence-corrected chi connectivity index (χ3v) is 0.397. The van der Waals surface area contributed by atoms with Gasteiger partial charge in [-0.05, 0) is 6.42 Å². The van der Waals surface area contributed by atoms with Crippen molar-refractivity contribution >= 4 is 6.08 Å². The van der Waals surface area contributed by atoms with Crippen molar-refractivity contribution in [1.82, 2.24) is 0 Å². The molecule has 0 saturated carbocycles. The van der Waals surface area contributed by atoms with Gasteiger partial charge in [0.15, 0.2) is 0 Å². The molecule has 0 aliphatic rings. The summed E-state index contributed by atoms with van der Waals surface area (Å²) in [6.07, 6.45) is 2.12. The number of carbonyl (C=O) groups excluding carboxylic acids is 1. The molecular weight excluding hydrogens is 94.0 g/mol. The molecule has 3 nitrogen and oxygen atoms in total. The Hall–Kier alpha value is -0.820. The van der Waals surface area contributed by atoms with Crippen molar-refractivity contribution in [3.05, 3.63) is 0 Å². The van der Waals surface area contributed by atoms with Crippen LogP contribution in [0, 0.1) is 0 Å². The van der Waals surface area contributed by atoms with Crippen LogP contribution in [0.2, 0.25) is 0 Å². The molecule has 0 atom stereocenters. The Morgan fingerprint density at radius 3 is 3.00 bits per heavy atom. The van der Waals surface area contributed by atoms with Gasteiger partial charge in [0.25, 0.3) is 6.08 Å². The number of hydrogen-bond acceptors (Lipinski definition) is 3. The van der Waals surface area contributed by atoms with E-state index >= 15 is 0 Å². The highest BCUT2D eigenvalue weighted by Gasteiger charge is 1.72. The second kappa shape index (κ2) is 5.18. The van der Waals surface area contributed by atoms with Gasteiger partial charge < -0.3 is 4.84 Å². The Balaban J connectivity index is 2.83. The predicted molar refractivity (Wildman–Crippen MR) is 24.4 cm³/mol. The second-order valence-electron chi connectivity index (χ2n) is 1.02. The quantitative estimate of drug-likeness (QED) is 0.227. The lowest BCUT2D eigenvalue weighted by Gasteiger charge is -1.85. The van der Waals surface area contributed by atoms with Crippen molar-refractivity contribution < 1.29 is 9.63 Å².